The predicted molar refractivity (Wildman–Crippen MR) is 134 cm³/mol. The van der Waals surface area contributed by atoms with Gasteiger partial charge in [0.2, 0.25) is 17.7 Å². The van der Waals surface area contributed by atoms with Crippen molar-refractivity contribution in [3.05, 3.63) is 59.4 Å². The second-order valence-electron chi connectivity index (χ2n) is 8.35. The van der Waals surface area contributed by atoms with Gasteiger partial charge in [0, 0.05) is 36.9 Å². The van der Waals surface area contributed by atoms with Crippen LogP contribution in [0.1, 0.15) is 49.8 Å². The molecule has 0 radical (unpaired) electrons. The number of hydrogen-bond donors (Lipinski definition) is 4. The van der Waals surface area contributed by atoms with Crippen molar-refractivity contribution in [1.82, 2.24) is 30.8 Å². The Balaban J connectivity index is 1.38. The SMILES string of the molecule is O=C(CC(CCCc1ccccc1)C(=O)NCc1cn(CCCCC(=O)Nc2nccs2)nn1)NO. The Bertz CT molecular complexity index is 1090. The van der Waals surface area contributed by atoms with E-state index in [0.29, 0.717) is 36.6 Å². The number of unbranched alkanes of at least 4 members (excludes halogenated alkanes) is 1. The molecular weight excluding hydrogens is 482 g/mol. The van der Waals surface area contributed by atoms with E-state index >= 15 is 0 Å². The number of hydroxylamine groups is 1. The summed E-state index contributed by atoms with van der Waals surface area (Å²) in [6.45, 7) is 0.787. The summed E-state index contributed by atoms with van der Waals surface area (Å²) >= 11 is 1.38. The Morgan fingerprint density at radius 3 is 2.67 bits per heavy atom. The van der Waals surface area contributed by atoms with Crippen LogP contribution in [0.5, 0.6) is 0 Å². The van der Waals surface area contributed by atoms with E-state index in [0.717, 1.165) is 19.3 Å². The molecule has 0 spiro atoms. The maximum Gasteiger partial charge on any atom is 0.244 e. The number of aromatic nitrogens is 4. The number of carbonyl (C=O) groups is 3. The van der Waals surface area contributed by atoms with E-state index in [1.807, 2.05) is 30.3 Å². The molecular formula is C24H31N7O4S. The molecule has 12 heteroatoms. The molecule has 0 saturated heterocycles. The van der Waals surface area contributed by atoms with Crippen molar-refractivity contribution in [3.8, 4) is 0 Å². The van der Waals surface area contributed by atoms with Gasteiger partial charge >= 0.3 is 0 Å². The minimum Gasteiger partial charge on any atom is -0.350 e. The van der Waals surface area contributed by atoms with Gasteiger partial charge in [0.1, 0.15) is 5.69 Å². The van der Waals surface area contributed by atoms with E-state index in [2.05, 4.69) is 25.9 Å². The predicted octanol–water partition coefficient (Wildman–Crippen LogP) is 2.69. The van der Waals surface area contributed by atoms with Gasteiger partial charge < -0.3 is 10.6 Å². The smallest absolute Gasteiger partial charge is 0.244 e. The van der Waals surface area contributed by atoms with Crippen molar-refractivity contribution >= 4 is 34.2 Å². The summed E-state index contributed by atoms with van der Waals surface area (Å²) in [5.74, 6) is -1.50. The van der Waals surface area contributed by atoms with Crippen LogP contribution in [0, 0.1) is 5.92 Å². The van der Waals surface area contributed by atoms with Gasteiger partial charge in [-0.15, -0.1) is 16.4 Å². The Labute approximate surface area is 213 Å². The normalized spacial score (nSPS) is 11.6. The number of thiazole rings is 1. The Kier molecular flexibility index (Phi) is 11.0. The lowest BCUT2D eigenvalue weighted by Crippen LogP contribution is -2.34. The molecule has 0 fully saturated rings. The third kappa shape index (κ3) is 9.55. The van der Waals surface area contributed by atoms with Gasteiger partial charge in [-0.1, -0.05) is 35.5 Å². The zero-order valence-corrected chi connectivity index (χ0v) is 20.7. The average molecular weight is 514 g/mol. The first kappa shape index (κ1) is 27.0. The maximum atomic E-state index is 12.7. The third-order valence-electron chi connectivity index (χ3n) is 5.54. The summed E-state index contributed by atoms with van der Waals surface area (Å²) in [6, 6.07) is 9.93. The Hall–Kier alpha value is -3.64. The van der Waals surface area contributed by atoms with Gasteiger partial charge in [-0.3, -0.25) is 24.3 Å². The minimum atomic E-state index is -0.596. The molecule has 1 atom stereocenters. The fourth-order valence-corrected chi connectivity index (χ4v) is 4.21. The van der Waals surface area contributed by atoms with E-state index < -0.39 is 11.8 Å². The molecule has 2 heterocycles. The molecule has 1 aromatic carbocycles. The molecule has 0 saturated carbocycles. The fraction of sp³-hybridized carbons (Fsp3) is 0.417. The highest BCUT2D eigenvalue weighted by Crippen LogP contribution is 2.15. The lowest BCUT2D eigenvalue weighted by atomic mass is 9.95. The standard InChI is InChI=1S/C24H31N7O4S/c32-21(27-24-25-12-14-36-24)11-4-5-13-31-17-20(28-30-31)16-26-23(34)19(15-22(33)29-35)10-6-9-18-7-2-1-3-8-18/h1-3,7-8,12,14,17,19,35H,4-6,9-11,13,15-16H2,(H,26,34)(H,29,33)(H,25,27,32). The summed E-state index contributed by atoms with van der Waals surface area (Å²) in [7, 11) is 0. The second kappa shape index (κ2) is 14.7. The molecule has 192 valence electrons. The van der Waals surface area contributed by atoms with Crippen LogP contribution in [0.25, 0.3) is 0 Å². The van der Waals surface area contributed by atoms with Crippen LogP contribution in [0.3, 0.4) is 0 Å². The highest BCUT2D eigenvalue weighted by Gasteiger charge is 2.21. The lowest BCUT2D eigenvalue weighted by Gasteiger charge is -2.15. The molecule has 3 aromatic rings. The van der Waals surface area contributed by atoms with Crippen LogP contribution in [0.15, 0.2) is 48.1 Å². The number of benzene rings is 1. The number of anilines is 1. The summed E-state index contributed by atoms with van der Waals surface area (Å²) in [4.78, 5) is 40.3. The zero-order chi connectivity index (χ0) is 25.6. The van der Waals surface area contributed by atoms with E-state index in [1.54, 1.807) is 27.9 Å². The van der Waals surface area contributed by atoms with E-state index in [4.69, 9.17) is 5.21 Å². The molecule has 4 N–H and O–H groups in total. The number of carbonyl (C=O) groups excluding carboxylic acids is 3. The summed E-state index contributed by atoms with van der Waals surface area (Å²) in [5, 5.41) is 25.0. The summed E-state index contributed by atoms with van der Waals surface area (Å²) in [5.41, 5.74) is 3.37. The lowest BCUT2D eigenvalue weighted by molar-refractivity contribution is -0.135. The Morgan fingerprint density at radius 2 is 1.92 bits per heavy atom. The first-order valence-corrected chi connectivity index (χ1v) is 12.7. The topological polar surface area (TPSA) is 151 Å². The quantitative estimate of drug-likeness (QED) is 0.139. The monoisotopic (exact) mass is 513 g/mol. The van der Waals surface area contributed by atoms with Crippen LogP contribution >= 0.6 is 11.3 Å². The number of aryl methyl sites for hydroxylation is 2. The molecule has 0 bridgehead atoms. The van der Waals surface area contributed by atoms with Gasteiger partial charge in [-0.25, -0.2) is 10.5 Å². The molecule has 2 aromatic heterocycles. The number of nitrogens with zero attached hydrogens (tertiary/aromatic N) is 4. The first-order chi connectivity index (χ1) is 17.5. The van der Waals surface area contributed by atoms with Crippen LogP contribution < -0.4 is 16.1 Å². The zero-order valence-electron chi connectivity index (χ0n) is 19.9. The molecule has 1 unspecified atom stereocenters. The van der Waals surface area contributed by atoms with Gasteiger partial charge in [0.25, 0.3) is 0 Å². The van der Waals surface area contributed by atoms with E-state index in [1.165, 1.54) is 16.9 Å². The van der Waals surface area contributed by atoms with Crippen molar-refractivity contribution in [2.24, 2.45) is 5.92 Å². The first-order valence-electron chi connectivity index (χ1n) is 11.9. The number of amides is 3. The molecule has 11 nitrogen and oxygen atoms in total. The van der Waals surface area contributed by atoms with E-state index in [9.17, 15) is 14.4 Å². The molecule has 3 rings (SSSR count). The van der Waals surface area contributed by atoms with Crippen LogP contribution in [0.2, 0.25) is 0 Å². The van der Waals surface area contributed by atoms with Crippen LogP contribution in [-0.2, 0) is 33.9 Å². The van der Waals surface area contributed by atoms with Crippen LogP contribution in [-0.4, -0.2) is 42.9 Å². The molecule has 36 heavy (non-hydrogen) atoms. The Morgan fingerprint density at radius 1 is 1.08 bits per heavy atom. The van der Waals surface area contributed by atoms with Crippen LogP contribution in [0.4, 0.5) is 5.13 Å². The van der Waals surface area contributed by atoms with Crippen molar-refractivity contribution < 1.29 is 19.6 Å². The summed E-state index contributed by atoms with van der Waals surface area (Å²) < 4.78 is 1.68. The van der Waals surface area contributed by atoms with Gasteiger partial charge in [0.15, 0.2) is 5.13 Å². The molecule has 3 amide bonds. The number of nitrogens with one attached hydrogen (secondary N) is 3. The van der Waals surface area contributed by atoms with Crippen molar-refractivity contribution in [2.45, 2.75) is 58.0 Å². The third-order valence-corrected chi connectivity index (χ3v) is 6.23. The van der Waals surface area contributed by atoms with Crippen molar-refractivity contribution in [2.75, 3.05) is 5.32 Å². The second-order valence-corrected chi connectivity index (χ2v) is 9.24. The van der Waals surface area contributed by atoms with E-state index in [-0.39, 0.29) is 24.8 Å². The maximum absolute atomic E-state index is 12.7. The number of hydrogen-bond acceptors (Lipinski definition) is 8. The fourth-order valence-electron chi connectivity index (χ4n) is 3.67. The number of rotatable bonds is 15. The van der Waals surface area contributed by atoms with Gasteiger partial charge in [0.05, 0.1) is 12.7 Å². The highest BCUT2D eigenvalue weighted by molar-refractivity contribution is 7.13. The highest BCUT2D eigenvalue weighted by atomic mass is 32.1. The van der Waals surface area contributed by atoms with Crippen molar-refractivity contribution in [3.63, 3.8) is 0 Å². The minimum absolute atomic E-state index is 0.0693. The molecule has 0 aliphatic rings. The van der Waals surface area contributed by atoms with Crippen molar-refractivity contribution in [1.29, 1.82) is 0 Å². The van der Waals surface area contributed by atoms with Gasteiger partial charge in [-0.05, 0) is 37.7 Å². The molecule has 0 aliphatic carbocycles. The average Bonchev–Trinajstić information content (AvgIpc) is 3.57. The van der Waals surface area contributed by atoms with Gasteiger partial charge in [-0.2, -0.15) is 0 Å². The largest absolute Gasteiger partial charge is 0.350 e. The summed E-state index contributed by atoms with van der Waals surface area (Å²) in [6.07, 6.45) is 7.18. The molecule has 0 aliphatic heterocycles.